The number of nitrogens with zero attached hydrogens (tertiary/aromatic N) is 3. The van der Waals surface area contributed by atoms with Gasteiger partial charge in [-0.1, -0.05) is 6.92 Å². The lowest BCUT2D eigenvalue weighted by atomic mass is 10.0. The number of rotatable bonds is 8. The summed E-state index contributed by atoms with van der Waals surface area (Å²) >= 11 is 0. The van der Waals surface area contributed by atoms with Crippen LogP contribution in [0, 0.1) is 0 Å². The molecule has 2 aliphatic heterocycles. The summed E-state index contributed by atoms with van der Waals surface area (Å²) in [6, 6.07) is 3.59. The normalized spacial score (nSPS) is 20.5. The molecule has 0 amide bonds. The van der Waals surface area contributed by atoms with Crippen molar-refractivity contribution in [3.05, 3.63) is 17.9 Å². The molecule has 0 spiro atoms. The summed E-state index contributed by atoms with van der Waals surface area (Å²) in [6.07, 6.45) is 3.61. The largest absolute Gasteiger partial charge is 0.480 e. The van der Waals surface area contributed by atoms with Crippen LogP contribution in [-0.2, 0) is 21.4 Å². The lowest BCUT2D eigenvalue weighted by Crippen LogP contribution is -2.46. The Bertz CT molecular complexity index is 734. The van der Waals surface area contributed by atoms with Crippen molar-refractivity contribution in [1.82, 2.24) is 14.1 Å². The zero-order valence-corrected chi connectivity index (χ0v) is 16.7. The molecule has 0 aliphatic carbocycles. The van der Waals surface area contributed by atoms with E-state index in [9.17, 15) is 13.2 Å². The van der Waals surface area contributed by atoms with Gasteiger partial charge in [-0.3, -0.25) is 14.6 Å². The van der Waals surface area contributed by atoms with Gasteiger partial charge >= 0.3 is 5.97 Å². The van der Waals surface area contributed by atoms with Crippen molar-refractivity contribution in [1.29, 1.82) is 0 Å². The summed E-state index contributed by atoms with van der Waals surface area (Å²) in [7, 11) is -3.51. The number of furan rings is 1. The average molecular weight is 400 g/mol. The number of likely N-dealkylation sites (tertiary alicyclic amines) is 1. The van der Waals surface area contributed by atoms with Gasteiger partial charge in [-0.2, -0.15) is 4.31 Å². The second-order valence-electron chi connectivity index (χ2n) is 7.30. The van der Waals surface area contributed by atoms with Gasteiger partial charge in [-0.25, -0.2) is 8.42 Å². The van der Waals surface area contributed by atoms with Gasteiger partial charge in [0.1, 0.15) is 5.76 Å². The molecule has 3 rings (SSSR count). The van der Waals surface area contributed by atoms with Gasteiger partial charge in [0.05, 0.1) is 13.1 Å². The van der Waals surface area contributed by atoms with Crippen molar-refractivity contribution in [2.45, 2.75) is 50.3 Å². The molecular formula is C18H29N3O5S. The van der Waals surface area contributed by atoms with E-state index in [-0.39, 0.29) is 17.7 Å². The molecule has 2 aliphatic rings. The Balaban J connectivity index is 1.54. The van der Waals surface area contributed by atoms with Crippen molar-refractivity contribution in [2.24, 2.45) is 0 Å². The SMILES string of the molecule is CCN(CC(=O)O)C1CCN(Cc2ccc(S(=O)(=O)N3CCCC3)o2)CC1. The molecule has 0 unspecified atom stereocenters. The molecule has 0 saturated carbocycles. The molecule has 1 N–H and O–H groups in total. The first-order chi connectivity index (χ1) is 12.9. The molecule has 0 radical (unpaired) electrons. The zero-order chi connectivity index (χ0) is 19.4. The molecule has 2 fully saturated rings. The minimum Gasteiger partial charge on any atom is -0.480 e. The Morgan fingerprint density at radius 3 is 2.48 bits per heavy atom. The van der Waals surface area contributed by atoms with Crippen molar-refractivity contribution in [3.63, 3.8) is 0 Å². The van der Waals surface area contributed by atoms with E-state index in [0.29, 0.717) is 25.4 Å². The number of likely N-dealkylation sites (N-methyl/N-ethyl adjacent to an activating group) is 1. The van der Waals surface area contributed by atoms with Gasteiger partial charge in [0, 0.05) is 32.2 Å². The molecule has 0 bridgehead atoms. The lowest BCUT2D eigenvalue weighted by Gasteiger charge is -2.37. The first-order valence-corrected chi connectivity index (χ1v) is 11.1. The van der Waals surface area contributed by atoms with E-state index < -0.39 is 16.0 Å². The van der Waals surface area contributed by atoms with E-state index in [4.69, 9.17) is 9.52 Å². The number of hydrogen-bond donors (Lipinski definition) is 1. The average Bonchev–Trinajstić information content (AvgIpc) is 3.33. The number of carbonyl (C=O) groups is 1. The van der Waals surface area contributed by atoms with Crippen LogP contribution in [-0.4, -0.2) is 78.9 Å². The second kappa shape index (κ2) is 8.72. The van der Waals surface area contributed by atoms with Gasteiger partial charge in [0.25, 0.3) is 10.0 Å². The molecule has 0 atom stereocenters. The van der Waals surface area contributed by atoms with Gasteiger partial charge in [-0.05, 0) is 44.4 Å². The highest BCUT2D eigenvalue weighted by atomic mass is 32.2. The molecule has 152 valence electrons. The maximum absolute atomic E-state index is 12.5. The van der Waals surface area contributed by atoms with Crippen LogP contribution in [0.2, 0.25) is 0 Å². The summed E-state index contributed by atoms with van der Waals surface area (Å²) in [5, 5.41) is 9.06. The smallest absolute Gasteiger partial charge is 0.317 e. The van der Waals surface area contributed by atoms with Crippen LogP contribution < -0.4 is 0 Å². The van der Waals surface area contributed by atoms with Crippen LogP contribution in [0.5, 0.6) is 0 Å². The zero-order valence-electron chi connectivity index (χ0n) is 15.8. The molecule has 2 saturated heterocycles. The highest BCUT2D eigenvalue weighted by Gasteiger charge is 2.30. The lowest BCUT2D eigenvalue weighted by molar-refractivity contribution is -0.139. The van der Waals surface area contributed by atoms with E-state index in [1.54, 1.807) is 12.1 Å². The number of carboxylic acid groups (broad SMARTS) is 1. The van der Waals surface area contributed by atoms with Gasteiger partial charge < -0.3 is 9.52 Å². The standard InChI is InChI=1S/C18H29N3O5S/c1-2-20(14-17(22)23)15-7-11-19(12-8-15)13-16-5-6-18(26-16)27(24,25)21-9-3-4-10-21/h5-6,15H,2-4,7-14H2,1H3,(H,22,23). The first-order valence-electron chi connectivity index (χ1n) is 9.67. The molecular weight excluding hydrogens is 370 g/mol. The van der Waals surface area contributed by atoms with Crippen molar-refractivity contribution < 1.29 is 22.7 Å². The number of piperidine rings is 1. The third-order valence-corrected chi connectivity index (χ3v) is 7.27. The summed E-state index contributed by atoms with van der Waals surface area (Å²) in [5.74, 6) is -0.134. The fraction of sp³-hybridized carbons (Fsp3) is 0.722. The Hall–Kier alpha value is -1.42. The quantitative estimate of drug-likeness (QED) is 0.707. The van der Waals surface area contributed by atoms with Crippen LogP contribution in [0.1, 0.15) is 38.4 Å². The molecule has 1 aromatic heterocycles. The van der Waals surface area contributed by atoms with Gasteiger partial charge in [0.2, 0.25) is 5.09 Å². The Morgan fingerprint density at radius 1 is 1.22 bits per heavy atom. The van der Waals surface area contributed by atoms with Gasteiger partial charge in [-0.15, -0.1) is 0 Å². The topological polar surface area (TPSA) is 94.3 Å². The van der Waals surface area contributed by atoms with Gasteiger partial charge in [0.15, 0.2) is 0 Å². The van der Waals surface area contributed by atoms with Crippen LogP contribution in [0.3, 0.4) is 0 Å². The molecule has 3 heterocycles. The third kappa shape index (κ3) is 4.90. The minimum absolute atomic E-state index is 0.0351. The predicted molar refractivity (Wildman–Crippen MR) is 99.9 cm³/mol. The third-order valence-electron chi connectivity index (χ3n) is 5.49. The van der Waals surface area contributed by atoms with Crippen LogP contribution in [0.4, 0.5) is 0 Å². The highest BCUT2D eigenvalue weighted by Crippen LogP contribution is 2.24. The number of carboxylic acids is 1. The van der Waals surface area contributed by atoms with Crippen molar-refractivity contribution in [2.75, 3.05) is 39.3 Å². The van der Waals surface area contributed by atoms with Crippen LogP contribution in [0.25, 0.3) is 0 Å². The van der Waals surface area contributed by atoms with E-state index in [1.165, 1.54) is 4.31 Å². The predicted octanol–water partition coefficient (Wildman–Crippen LogP) is 1.44. The monoisotopic (exact) mass is 399 g/mol. The van der Waals surface area contributed by atoms with E-state index in [1.807, 2.05) is 11.8 Å². The van der Waals surface area contributed by atoms with E-state index >= 15 is 0 Å². The second-order valence-corrected chi connectivity index (χ2v) is 9.16. The summed E-state index contributed by atoms with van der Waals surface area (Å²) in [4.78, 5) is 15.2. The number of hydrogen-bond acceptors (Lipinski definition) is 6. The van der Waals surface area contributed by atoms with E-state index in [0.717, 1.165) is 45.3 Å². The van der Waals surface area contributed by atoms with Crippen molar-refractivity contribution in [3.8, 4) is 0 Å². The first kappa shape index (κ1) is 20.3. The van der Waals surface area contributed by atoms with E-state index in [2.05, 4.69) is 4.90 Å². The number of sulfonamides is 1. The van der Waals surface area contributed by atoms with Crippen molar-refractivity contribution >= 4 is 16.0 Å². The van der Waals surface area contributed by atoms with Crippen LogP contribution in [0.15, 0.2) is 21.6 Å². The Labute approximate surface area is 160 Å². The molecule has 9 heteroatoms. The molecule has 1 aromatic rings. The highest BCUT2D eigenvalue weighted by molar-refractivity contribution is 7.89. The fourth-order valence-corrected chi connectivity index (χ4v) is 5.42. The maximum atomic E-state index is 12.5. The van der Waals surface area contributed by atoms with Crippen LogP contribution >= 0.6 is 0 Å². The fourth-order valence-electron chi connectivity index (χ4n) is 3.97. The molecule has 8 nitrogen and oxygen atoms in total. The Morgan fingerprint density at radius 2 is 1.89 bits per heavy atom. The Kier molecular flexibility index (Phi) is 6.56. The minimum atomic E-state index is -3.51. The maximum Gasteiger partial charge on any atom is 0.317 e. The number of aliphatic carboxylic acids is 1. The summed E-state index contributed by atoms with van der Waals surface area (Å²) < 4.78 is 32.2. The molecule has 0 aromatic carbocycles. The summed E-state index contributed by atoms with van der Waals surface area (Å²) in [6.45, 7) is 6.19. The molecule has 27 heavy (non-hydrogen) atoms. The summed E-state index contributed by atoms with van der Waals surface area (Å²) in [5.41, 5.74) is 0.